The smallest absolute Gasteiger partial charge is 0.254 e. The first-order chi connectivity index (χ1) is 9.15. The van der Waals surface area contributed by atoms with Gasteiger partial charge in [-0.2, -0.15) is 0 Å². The molecule has 0 atom stereocenters. The molecular formula is C14H12BrFN2O. The number of aromatic nitrogens is 2. The summed E-state index contributed by atoms with van der Waals surface area (Å²) < 4.78 is 13.9. The SMILES string of the molecule is O=c1[nH]c(-c2ccc(Br)c(F)c2)nc2c1CCCC2. The lowest BCUT2D eigenvalue weighted by Crippen LogP contribution is -2.21. The molecule has 5 heteroatoms. The van der Waals surface area contributed by atoms with Crippen LogP contribution in [0.4, 0.5) is 4.39 Å². The lowest BCUT2D eigenvalue weighted by Gasteiger charge is -2.14. The average Bonchev–Trinajstić information content (AvgIpc) is 2.42. The zero-order valence-corrected chi connectivity index (χ0v) is 11.8. The molecule has 1 aromatic heterocycles. The molecule has 3 nitrogen and oxygen atoms in total. The van der Waals surface area contributed by atoms with Crippen molar-refractivity contribution in [2.45, 2.75) is 25.7 Å². The van der Waals surface area contributed by atoms with E-state index < -0.39 is 0 Å². The first-order valence-electron chi connectivity index (χ1n) is 6.22. The standard InChI is InChI=1S/C14H12BrFN2O/c15-10-6-5-8(7-11(10)16)13-17-12-4-2-1-3-9(12)14(19)18-13/h5-7H,1-4H2,(H,17,18,19). The van der Waals surface area contributed by atoms with Crippen LogP contribution >= 0.6 is 15.9 Å². The largest absolute Gasteiger partial charge is 0.306 e. The second-order valence-corrected chi connectivity index (χ2v) is 5.53. The molecule has 1 N–H and O–H groups in total. The van der Waals surface area contributed by atoms with Crippen LogP contribution in [0.2, 0.25) is 0 Å². The van der Waals surface area contributed by atoms with E-state index in [9.17, 15) is 9.18 Å². The van der Waals surface area contributed by atoms with E-state index in [-0.39, 0.29) is 11.4 Å². The number of H-pyrrole nitrogens is 1. The van der Waals surface area contributed by atoms with Crippen LogP contribution in [0.1, 0.15) is 24.1 Å². The molecule has 1 aromatic carbocycles. The van der Waals surface area contributed by atoms with Gasteiger partial charge in [0, 0.05) is 11.1 Å². The normalized spacial score (nSPS) is 14.2. The van der Waals surface area contributed by atoms with Crippen LogP contribution in [0, 0.1) is 5.82 Å². The van der Waals surface area contributed by atoms with Crippen molar-refractivity contribution < 1.29 is 4.39 Å². The molecule has 0 saturated carbocycles. The van der Waals surface area contributed by atoms with Gasteiger partial charge in [0.25, 0.3) is 5.56 Å². The minimum atomic E-state index is -0.363. The summed E-state index contributed by atoms with van der Waals surface area (Å²) in [4.78, 5) is 19.2. The third-order valence-corrected chi connectivity index (χ3v) is 4.03. The van der Waals surface area contributed by atoms with Crippen LogP contribution < -0.4 is 5.56 Å². The first kappa shape index (κ1) is 12.5. The second-order valence-electron chi connectivity index (χ2n) is 4.68. The van der Waals surface area contributed by atoms with E-state index in [0.717, 1.165) is 36.9 Å². The lowest BCUT2D eigenvalue weighted by molar-refractivity contribution is 0.621. The molecule has 0 aliphatic heterocycles. The molecule has 0 unspecified atom stereocenters. The molecule has 98 valence electrons. The van der Waals surface area contributed by atoms with Crippen molar-refractivity contribution in [3.63, 3.8) is 0 Å². The number of benzene rings is 1. The van der Waals surface area contributed by atoms with Gasteiger partial charge in [0.2, 0.25) is 0 Å². The summed E-state index contributed by atoms with van der Waals surface area (Å²) in [6, 6.07) is 4.72. The molecule has 1 aliphatic carbocycles. The highest BCUT2D eigenvalue weighted by atomic mass is 79.9. The van der Waals surface area contributed by atoms with Crippen molar-refractivity contribution in [3.8, 4) is 11.4 Å². The molecular weight excluding hydrogens is 311 g/mol. The van der Waals surface area contributed by atoms with Gasteiger partial charge < -0.3 is 4.98 Å². The summed E-state index contributed by atoms with van der Waals surface area (Å²) in [5.41, 5.74) is 2.13. The van der Waals surface area contributed by atoms with E-state index in [2.05, 4.69) is 25.9 Å². The van der Waals surface area contributed by atoms with E-state index in [1.165, 1.54) is 6.07 Å². The van der Waals surface area contributed by atoms with E-state index in [4.69, 9.17) is 0 Å². The monoisotopic (exact) mass is 322 g/mol. The number of aromatic amines is 1. The highest BCUT2D eigenvalue weighted by Crippen LogP contribution is 2.23. The van der Waals surface area contributed by atoms with Crippen LogP contribution in [0.3, 0.4) is 0 Å². The molecule has 3 rings (SSSR count). The van der Waals surface area contributed by atoms with Gasteiger partial charge in [-0.15, -0.1) is 0 Å². The Morgan fingerprint density at radius 2 is 2.05 bits per heavy atom. The van der Waals surface area contributed by atoms with Gasteiger partial charge in [0.15, 0.2) is 0 Å². The number of nitrogens with one attached hydrogen (secondary N) is 1. The third-order valence-electron chi connectivity index (χ3n) is 3.38. The Morgan fingerprint density at radius 3 is 2.84 bits per heavy atom. The fourth-order valence-corrected chi connectivity index (χ4v) is 2.63. The van der Waals surface area contributed by atoms with Crippen LogP contribution in [-0.2, 0) is 12.8 Å². The Balaban J connectivity index is 2.12. The van der Waals surface area contributed by atoms with E-state index in [0.29, 0.717) is 15.9 Å². The lowest BCUT2D eigenvalue weighted by atomic mass is 9.97. The number of halogens is 2. The molecule has 0 bridgehead atoms. The van der Waals surface area contributed by atoms with Crippen molar-refractivity contribution in [2.24, 2.45) is 0 Å². The topological polar surface area (TPSA) is 45.8 Å². The van der Waals surface area contributed by atoms with E-state index in [1.807, 2.05) is 0 Å². The summed E-state index contributed by atoms with van der Waals surface area (Å²) in [6.07, 6.45) is 3.69. The number of rotatable bonds is 1. The molecule has 19 heavy (non-hydrogen) atoms. The molecule has 2 aromatic rings. The predicted molar refractivity (Wildman–Crippen MR) is 74.6 cm³/mol. The van der Waals surface area contributed by atoms with E-state index >= 15 is 0 Å². The van der Waals surface area contributed by atoms with Gasteiger partial charge in [-0.05, 0) is 59.8 Å². The number of hydrogen-bond donors (Lipinski definition) is 1. The van der Waals surface area contributed by atoms with Crippen molar-refractivity contribution in [3.05, 3.63) is 50.1 Å². The predicted octanol–water partition coefficient (Wildman–Crippen LogP) is 3.22. The second kappa shape index (κ2) is 4.89. The van der Waals surface area contributed by atoms with Gasteiger partial charge in [0.1, 0.15) is 11.6 Å². The zero-order chi connectivity index (χ0) is 13.4. The molecule has 1 aliphatic rings. The third kappa shape index (κ3) is 2.34. The van der Waals surface area contributed by atoms with Crippen molar-refractivity contribution >= 4 is 15.9 Å². The maximum Gasteiger partial charge on any atom is 0.254 e. The van der Waals surface area contributed by atoms with Crippen LogP contribution in [0.5, 0.6) is 0 Å². The molecule has 0 fully saturated rings. The fraction of sp³-hybridized carbons (Fsp3) is 0.286. The van der Waals surface area contributed by atoms with Crippen LogP contribution in [0.15, 0.2) is 27.5 Å². The minimum absolute atomic E-state index is 0.0944. The van der Waals surface area contributed by atoms with Gasteiger partial charge in [0.05, 0.1) is 10.2 Å². The number of aryl methyl sites for hydroxylation is 1. The maximum atomic E-state index is 13.5. The van der Waals surface area contributed by atoms with Gasteiger partial charge in [-0.25, -0.2) is 9.37 Å². The maximum absolute atomic E-state index is 13.5. The summed E-state index contributed by atoms with van der Waals surface area (Å²) in [6.45, 7) is 0. The number of nitrogens with zero attached hydrogens (tertiary/aromatic N) is 1. The first-order valence-corrected chi connectivity index (χ1v) is 7.02. The van der Waals surface area contributed by atoms with Crippen LogP contribution in [-0.4, -0.2) is 9.97 Å². The van der Waals surface area contributed by atoms with Gasteiger partial charge >= 0.3 is 0 Å². The van der Waals surface area contributed by atoms with Crippen molar-refractivity contribution in [1.29, 1.82) is 0 Å². The highest BCUT2D eigenvalue weighted by molar-refractivity contribution is 9.10. The van der Waals surface area contributed by atoms with Crippen molar-refractivity contribution in [1.82, 2.24) is 9.97 Å². The quantitative estimate of drug-likeness (QED) is 0.876. The summed E-state index contributed by atoms with van der Waals surface area (Å²) in [5.74, 6) is 0.0786. The highest BCUT2D eigenvalue weighted by Gasteiger charge is 2.16. The summed E-state index contributed by atoms with van der Waals surface area (Å²) in [5, 5.41) is 0. The Morgan fingerprint density at radius 1 is 1.26 bits per heavy atom. The number of hydrogen-bond acceptors (Lipinski definition) is 2. The van der Waals surface area contributed by atoms with Crippen molar-refractivity contribution in [2.75, 3.05) is 0 Å². The Kier molecular flexibility index (Phi) is 3.22. The molecule has 0 spiro atoms. The average molecular weight is 323 g/mol. The summed E-state index contributed by atoms with van der Waals surface area (Å²) in [7, 11) is 0. The summed E-state index contributed by atoms with van der Waals surface area (Å²) >= 11 is 3.11. The molecule has 1 heterocycles. The Bertz CT molecular complexity index is 696. The molecule has 0 amide bonds. The van der Waals surface area contributed by atoms with E-state index in [1.54, 1.807) is 12.1 Å². The molecule has 0 radical (unpaired) electrons. The Labute approximate surface area is 118 Å². The molecule has 0 saturated heterocycles. The zero-order valence-electron chi connectivity index (χ0n) is 10.2. The number of fused-ring (bicyclic) bond motifs is 1. The van der Waals surface area contributed by atoms with Crippen LogP contribution in [0.25, 0.3) is 11.4 Å². The van der Waals surface area contributed by atoms with Gasteiger partial charge in [-0.3, -0.25) is 4.79 Å². The minimum Gasteiger partial charge on any atom is -0.306 e. The Hall–Kier alpha value is -1.49. The van der Waals surface area contributed by atoms with Gasteiger partial charge in [-0.1, -0.05) is 0 Å². The fourth-order valence-electron chi connectivity index (χ4n) is 2.38.